The fourth-order valence-electron chi connectivity index (χ4n) is 1.44. The van der Waals surface area contributed by atoms with Crippen LogP contribution in [0, 0.1) is 18.3 Å². The van der Waals surface area contributed by atoms with Crippen LogP contribution >= 0.6 is 11.8 Å². The molecule has 0 unspecified atom stereocenters. The first-order chi connectivity index (χ1) is 8.25. The summed E-state index contributed by atoms with van der Waals surface area (Å²) in [5.41, 5.74) is 2.38. The van der Waals surface area contributed by atoms with Crippen LogP contribution in [0.1, 0.15) is 44.5 Å². The van der Waals surface area contributed by atoms with E-state index in [4.69, 9.17) is 5.26 Å². The van der Waals surface area contributed by atoms with E-state index in [9.17, 15) is 4.79 Å². The summed E-state index contributed by atoms with van der Waals surface area (Å²) in [7, 11) is 0. The van der Waals surface area contributed by atoms with Crippen molar-refractivity contribution in [3.05, 3.63) is 22.9 Å². The normalized spacial score (nSPS) is 11.1. The number of ketones is 1. The number of pyridine rings is 1. The summed E-state index contributed by atoms with van der Waals surface area (Å²) >= 11 is 1.34. The average molecular weight is 262 g/mol. The Labute approximate surface area is 113 Å². The molecule has 1 aromatic heterocycles. The molecule has 0 bridgehead atoms. The van der Waals surface area contributed by atoms with E-state index in [0.717, 1.165) is 11.3 Å². The predicted molar refractivity (Wildman–Crippen MR) is 73.8 cm³/mol. The lowest BCUT2D eigenvalue weighted by Crippen LogP contribution is -2.15. The molecular formula is C14H18N2OS. The van der Waals surface area contributed by atoms with Crippen LogP contribution in [0.4, 0.5) is 0 Å². The Morgan fingerprint density at radius 3 is 2.56 bits per heavy atom. The number of carbonyl (C=O) groups excluding carboxylic acids is 1. The number of aromatic nitrogens is 1. The van der Waals surface area contributed by atoms with Crippen LogP contribution in [0.25, 0.3) is 0 Å². The Morgan fingerprint density at radius 1 is 1.50 bits per heavy atom. The first-order valence-corrected chi connectivity index (χ1v) is 6.78. The van der Waals surface area contributed by atoms with Gasteiger partial charge >= 0.3 is 0 Å². The first kappa shape index (κ1) is 14.7. The van der Waals surface area contributed by atoms with Crippen molar-refractivity contribution in [2.45, 2.75) is 45.1 Å². The molecule has 3 nitrogen and oxygen atoms in total. The summed E-state index contributed by atoms with van der Waals surface area (Å²) in [5.74, 6) is 0.443. The fourth-order valence-corrected chi connectivity index (χ4v) is 2.29. The number of nitriles is 1. The van der Waals surface area contributed by atoms with Crippen molar-refractivity contribution < 1.29 is 4.79 Å². The van der Waals surface area contributed by atoms with Gasteiger partial charge in [-0.2, -0.15) is 5.26 Å². The largest absolute Gasteiger partial charge is 0.299 e. The molecule has 1 rings (SSSR count). The number of aryl methyl sites for hydroxylation is 1. The molecule has 0 fully saturated rings. The highest BCUT2D eigenvalue weighted by atomic mass is 32.2. The molecule has 0 spiro atoms. The number of thioether (sulfide) groups is 1. The van der Waals surface area contributed by atoms with Crippen molar-refractivity contribution in [2.24, 2.45) is 0 Å². The van der Waals surface area contributed by atoms with Crippen LogP contribution in [0.2, 0.25) is 0 Å². The van der Waals surface area contributed by atoms with Crippen molar-refractivity contribution in [3.63, 3.8) is 0 Å². The topological polar surface area (TPSA) is 53.8 Å². The molecule has 0 amide bonds. The minimum absolute atomic E-state index is 0.0652. The molecule has 4 heteroatoms. The van der Waals surface area contributed by atoms with Gasteiger partial charge in [0.25, 0.3) is 0 Å². The Bertz CT molecular complexity index is 510. The standard InChI is InChI=1S/C14H18N2OS/c1-9-6-12(14(3,4)5)16-13(11(9)7-15)18-8-10(2)17/h6H,8H2,1-5H3. The highest BCUT2D eigenvalue weighted by Gasteiger charge is 2.19. The van der Waals surface area contributed by atoms with Gasteiger partial charge in [-0.25, -0.2) is 4.98 Å². The first-order valence-electron chi connectivity index (χ1n) is 5.80. The SMILES string of the molecule is CC(=O)CSc1nc(C(C)(C)C)cc(C)c1C#N. The van der Waals surface area contributed by atoms with Crippen molar-refractivity contribution in [3.8, 4) is 6.07 Å². The van der Waals surface area contributed by atoms with E-state index in [1.54, 1.807) is 6.92 Å². The van der Waals surface area contributed by atoms with Crippen LogP contribution in [0.5, 0.6) is 0 Å². The Morgan fingerprint density at radius 2 is 2.11 bits per heavy atom. The molecule has 0 atom stereocenters. The van der Waals surface area contributed by atoms with Crippen LogP contribution in [0.15, 0.2) is 11.1 Å². The van der Waals surface area contributed by atoms with E-state index in [2.05, 4.69) is 31.8 Å². The van der Waals surface area contributed by atoms with E-state index in [-0.39, 0.29) is 11.2 Å². The van der Waals surface area contributed by atoms with Crippen molar-refractivity contribution in [1.29, 1.82) is 5.26 Å². The second-order valence-corrected chi connectivity index (χ2v) is 6.32. The van der Waals surface area contributed by atoms with Gasteiger partial charge < -0.3 is 0 Å². The van der Waals surface area contributed by atoms with Gasteiger partial charge in [0.05, 0.1) is 11.3 Å². The molecule has 1 aromatic rings. The van der Waals surface area contributed by atoms with Gasteiger partial charge in [-0.3, -0.25) is 4.79 Å². The molecule has 0 aliphatic heterocycles. The van der Waals surface area contributed by atoms with Gasteiger partial charge in [0.15, 0.2) is 0 Å². The van der Waals surface area contributed by atoms with Crippen molar-refractivity contribution in [1.82, 2.24) is 4.98 Å². The lowest BCUT2D eigenvalue weighted by Gasteiger charge is -2.20. The third kappa shape index (κ3) is 3.58. The smallest absolute Gasteiger partial charge is 0.140 e. The number of nitrogens with zero attached hydrogens (tertiary/aromatic N) is 2. The second-order valence-electron chi connectivity index (χ2n) is 5.36. The Kier molecular flexibility index (Phi) is 4.53. The minimum atomic E-state index is -0.0652. The second kappa shape index (κ2) is 5.53. The number of Topliss-reactive ketones (excluding diaryl/α,β-unsaturated/α-hetero) is 1. The lowest BCUT2D eigenvalue weighted by molar-refractivity contribution is -0.114. The number of carbonyl (C=O) groups is 1. The summed E-state index contributed by atoms with van der Waals surface area (Å²) in [6.45, 7) is 9.70. The summed E-state index contributed by atoms with van der Waals surface area (Å²) < 4.78 is 0. The van der Waals surface area contributed by atoms with Gasteiger partial charge in [-0.15, -0.1) is 0 Å². The van der Waals surface area contributed by atoms with Gasteiger partial charge in [-0.1, -0.05) is 32.5 Å². The van der Waals surface area contributed by atoms with Crippen LogP contribution in [-0.2, 0) is 10.2 Å². The number of hydrogen-bond donors (Lipinski definition) is 0. The average Bonchev–Trinajstić information content (AvgIpc) is 2.24. The summed E-state index contributed by atoms with van der Waals surface area (Å²) in [6.07, 6.45) is 0. The van der Waals surface area contributed by atoms with Crippen molar-refractivity contribution >= 4 is 17.5 Å². The predicted octanol–water partition coefficient (Wildman–Crippen LogP) is 3.24. The fraction of sp³-hybridized carbons (Fsp3) is 0.500. The van der Waals surface area contributed by atoms with Gasteiger partial charge in [0.1, 0.15) is 16.9 Å². The van der Waals surface area contributed by atoms with E-state index >= 15 is 0 Å². The van der Waals surface area contributed by atoms with Gasteiger partial charge in [-0.05, 0) is 25.5 Å². The Balaban J connectivity index is 3.25. The van der Waals surface area contributed by atoms with Crippen LogP contribution < -0.4 is 0 Å². The number of hydrogen-bond acceptors (Lipinski definition) is 4. The number of rotatable bonds is 3. The highest BCUT2D eigenvalue weighted by molar-refractivity contribution is 8.00. The monoisotopic (exact) mass is 262 g/mol. The van der Waals surface area contributed by atoms with Gasteiger partial charge in [0.2, 0.25) is 0 Å². The third-order valence-corrected chi connectivity index (χ3v) is 3.60. The molecular weight excluding hydrogens is 244 g/mol. The third-order valence-electron chi connectivity index (χ3n) is 2.48. The van der Waals surface area contributed by atoms with E-state index in [1.165, 1.54) is 11.8 Å². The molecule has 0 saturated heterocycles. The summed E-state index contributed by atoms with van der Waals surface area (Å²) in [4.78, 5) is 15.6. The highest BCUT2D eigenvalue weighted by Crippen LogP contribution is 2.28. The Hall–Kier alpha value is -1.34. The maximum atomic E-state index is 11.1. The molecule has 0 N–H and O–H groups in total. The maximum absolute atomic E-state index is 11.1. The zero-order chi connectivity index (χ0) is 13.9. The lowest BCUT2D eigenvalue weighted by atomic mass is 9.90. The molecule has 1 heterocycles. The molecule has 96 valence electrons. The molecule has 0 radical (unpaired) electrons. The zero-order valence-electron chi connectivity index (χ0n) is 11.5. The minimum Gasteiger partial charge on any atom is -0.299 e. The molecule has 0 saturated carbocycles. The van der Waals surface area contributed by atoms with Crippen molar-refractivity contribution in [2.75, 3.05) is 5.75 Å². The summed E-state index contributed by atoms with van der Waals surface area (Å²) in [6, 6.07) is 4.13. The molecule has 0 aliphatic carbocycles. The zero-order valence-corrected chi connectivity index (χ0v) is 12.3. The molecule has 18 heavy (non-hydrogen) atoms. The van der Waals surface area contributed by atoms with Crippen LogP contribution in [-0.4, -0.2) is 16.5 Å². The van der Waals surface area contributed by atoms with Crippen LogP contribution in [0.3, 0.4) is 0 Å². The van der Waals surface area contributed by atoms with E-state index in [1.807, 2.05) is 13.0 Å². The van der Waals surface area contributed by atoms with Gasteiger partial charge in [0, 0.05) is 11.1 Å². The molecule has 0 aromatic carbocycles. The van der Waals surface area contributed by atoms with E-state index < -0.39 is 0 Å². The quantitative estimate of drug-likeness (QED) is 0.785. The summed E-state index contributed by atoms with van der Waals surface area (Å²) in [5, 5.41) is 9.83. The maximum Gasteiger partial charge on any atom is 0.140 e. The molecule has 0 aliphatic rings. The van der Waals surface area contributed by atoms with E-state index in [0.29, 0.717) is 16.3 Å².